The van der Waals surface area contributed by atoms with Crippen LogP contribution in [0.2, 0.25) is 15.1 Å². The fourth-order valence-corrected chi connectivity index (χ4v) is 1.55. The van der Waals surface area contributed by atoms with Crippen molar-refractivity contribution in [3.05, 3.63) is 27.2 Å². The summed E-state index contributed by atoms with van der Waals surface area (Å²) in [6.07, 6.45) is 0. The zero-order valence-electron chi connectivity index (χ0n) is 4.74. The normalized spacial score (nSPS) is 10.0. The molecule has 0 amide bonds. The number of halogens is 3. The lowest BCUT2D eigenvalue weighted by Crippen LogP contribution is -1.72. The lowest BCUT2D eigenvalue weighted by molar-refractivity contribution is 1.48. The standard InChI is InChI=1S/C6H3Cl3S/c7-3-1-4(8)6(9)5(10)2-3/h1-2,10H. The highest BCUT2D eigenvalue weighted by Crippen LogP contribution is 2.31. The Morgan fingerprint density at radius 2 is 1.70 bits per heavy atom. The molecule has 0 saturated heterocycles. The summed E-state index contributed by atoms with van der Waals surface area (Å²) < 4.78 is 0. The number of thiol groups is 1. The summed E-state index contributed by atoms with van der Waals surface area (Å²) >= 11 is 21.0. The first kappa shape index (κ1) is 8.54. The van der Waals surface area contributed by atoms with Gasteiger partial charge in [0.1, 0.15) is 0 Å². The van der Waals surface area contributed by atoms with E-state index < -0.39 is 0 Å². The molecule has 0 nitrogen and oxygen atoms in total. The molecule has 1 rings (SSSR count). The maximum Gasteiger partial charge on any atom is 0.0726 e. The van der Waals surface area contributed by atoms with E-state index in [4.69, 9.17) is 34.8 Å². The van der Waals surface area contributed by atoms with Crippen LogP contribution in [0.1, 0.15) is 0 Å². The molecule has 0 aliphatic heterocycles. The van der Waals surface area contributed by atoms with Crippen molar-refractivity contribution < 1.29 is 0 Å². The van der Waals surface area contributed by atoms with Gasteiger partial charge in [-0.3, -0.25) is 0 Å². The summed E-state index contributed by atoms with van der Waals surface area (Å²) in [5.74, 6) is 0. The maximum absolute atomic E-state index is 5.68. The van der Waals surface area contributed by atoms with Gasteiger partial charge in [0.2, 0.25) is 0 Å². The first-order chi connectivity index (χ1) is 4.61. The van der Waals surface area contributed by atoms with Crippen LogP contribution in [0, 0.1) is 0 Å². The molecule has 0 atom stereocenters. The number of rotatable bonds is 0. The zero-order chi connectivity index (χ0) is 7.72. The quantitative estimate of drug-likeness (QED) is 0.490. The Morgan fingerprint density at radius 3 is 2.20 bits per heavy atom. The van der Waals surface area contributed by atoms with Gasteiger partial charge < -0.3 is 0 Å². The molecule has 0 spiro atoms. The van der Waals surface area contributed by atoms with Gasteiger partial charge in [-0.2, -0.15) is 0 Å². The average molecular weight is 214 g/mol. The second-order valence-corrected chi connectivity index (χ2v) is 3.42. The number of hydrogen-bond acceptors (Lipinski definition) is 1. The molecule has 0 aliphatic rings. The van der Waals surface area contributed by atoms with Gasteiger partial charge in [0.25, 0.3) is 0 Å². The number of hydrogen-bond donors (Lipinski definition) is 1. The van der Waals surface area contributed by atoms with Crippen molar-refractivity contribution in [2.45, 2.75) is 4.90 Å². The summed E-state index contributed by atoms with van der Waals surface area (Å²) in [6.45, 7) is 0. The number of benzene rings is 1. The minimum absolute atomic E-state index is 0.430. The van der Waals surface area contributed by atoms with Gasteiger partial charge in [0.15, 0.2) is 0 Å². The lowest BCUT2D eigenvalue weighted by Gasteiger charge is -1.98. The van der Waals surface area contributed by atoms with Crippen LogP contribution in [-0.4, -0.2) is 0 Å². The maximum atomic E-state index is 5.68. The Kier molecular flexibility index (Phi) is 2.75. The molecule has 54 valence electrons. The average Bonchev–Trinajstić information content (AvgIpc) is 1.82. The molecule has 1 aromatic rings. The summed E-state index contributed by atoms with van der Waals surface area (Å²) in [5, 5.41) is 1.41. The van der Waals surface area contributed by atoms with E-state index >= 15 is 0 Å². The molecule has 0 heterocycles. The molecular formula is C6H3Cl3S. The first-order valence-electron chi connectivity index (χ1n) is 2.45. The molecule has 0 aliphatic carbocycles. The van der Waals surface area contributed by atoms with Crippen LogP contribution < -0.4 is 0 Å². The molecule has 0 radical (unpaired) electrons. The highest BCUT2D eigenvalue weighted by molar-refractivity contribution is 7.80. The summed E-state index contributed by atoms with van der Waals surface area (Å²) in [7, 11) is 0. The van der Waals surface area contributed by atoms with Gasteiger partial charge in [0, 0.05) is 9.92 Å². The molecule has 0 fully saturated rings. The molecule has 0 bridgehead atoms. The highest BCUT2D eigenvalue weighted by atomic mass is 35.5. The van der Waals surface area contributed by atoms with Crippen molar-refractivity contribution in [2.75, 3.05) is 0 Å². The van der Waals surface area contributed by atoms with Gasteiger partial charge in [-0.25, -0.2) is 0 Å². The van der Waals surface area contributed by atoms with Crippen molar-refractivity contribution in [1.82, 2.24) is 0 Å². The molecule has 0 saturated carbocycles. The zero-order valence-corrected chi connectivity index (χ0v) is 7.90. The van der Waals surface area contributed by atoms with Crippen LogP contribution in [-0.2, 0) is 0 Å². The van der Waals surface area contributed by atoms with Crippen molar-refractivity contribution in [3.8, 4) is 0 Å². The monoisotopic (exact) mass is 212 g/mol. The van der Waals surface area contributed by atoms with E-state index in [1.165, 1.54) is 0 Å². The Hall–Kier alpha value is 0.440. The predicted molar refractivity (Wildman–Crippen MR) is 48.7 cm³/mol. The third-order valence-electron chi connectivity index (χ3n) is 0.974. The fraction of sp³-hybridized carbons (Fsp3) is 0. The van der Waals surface area contributed by atoms with Crippen LogP contribution in [0.15, 0.2) is 17.0 Å². The van der Waals surface area contributed by atoms with E-state index in [-0.39, 0.29) is 0 Å². The Balaban J connectivity index is 3.31. The predicted octanol–water partition coefficient (Wildman–Crippen LogP) is 3.94. The summed E-state index contributed by atoms with van der Waals surface area (Å²) in [6, 6.07) is 3.21. The van der Waals surface area contributed by atoms with Crippen molar-refractivity contribution in [3.63, 3.8) is 0 Å². The van der Waals surface area contributed by atoms with Gasteiger partial charge in [-0.1, -0.05) is 34.8 Å². The van der Waals surface area contributed by atoms with Gasteiger partial charge in [-0.15, -0.1) is 12.6 Å². The molecule has 4 heteroatoms. The largest absolute Gasteiger partial charge is 0.142 e. The Bertz CT molecular complexity index is 236. The van der Waals surface area contributed by atoms with E-state index in [0.717, 1.165) is 0 Å². The molecule has 0 aromatic heterocycles. The molecule has 10 heavy (non-hydrogen) atoms. The van der Waals surface area contributed by atoms with E-state index in [1.807, 2.05) is 0 Å². The lowest BCUT2D eigenvalue weighted by atomic mass is 10.4. The van der Waals surface area contributed by atoms with E-state index in [1.54, 1.807) is 12.1 Å². The van der Waals surface area contributed by atoms with Gasteiger partial charge in [0.05, 0.1) is 10.0 Å². The van der Waals surface area contributed by atoms with Crippen molar-refractivity contribution in [1.29, 1.82) is 0 Å². The van der Waals surface area contributed by atoms with Gasteiger partial charge >= 0.3 is 0 Å². The fourth-order valence-electron chi connectivity index (χ4n) is 0.542. The SMILES string of the molecule is Sc1cc(Cl)cc(Cl)c1Cl. The van der Waals surface area contributed by atoms with Crippen LogP contribution in [0.4, 0.5) is 0 Å². The van der Waals surface area contributed by atoms with E-state index in [9.17, 15) is 0 Å². The van der Waals surface area contributed by atoms with Crippen LogP contribution in [0.3, 0.4) is 0 Å². The van der Waals surface area contributed by atoms with Crippen LogP contribution in [0.5, 0.6) is 0 Å². The van der Waals surface area contributed by atoms with Crippen LogP contribution in [0.25, 0.3) is 0 Å². The van der Waals surface area contributed by atoms with Crippen molar-refractivity contribution in [2.24, 2.45) is 0 Å². The molecular weight excluding hydrogens is 210 g/mol. The van der Waals surface area contributed by atoms with Gasteiger partial charge in [-0.05, 0) is 12.1 Å². The molecule has 0 N–H and O–H groups in total. The Morgan fingerprint density at radius 1 is 1.10 bits per heavy atom. The van der Waals surface area contributed by atoms with E-state index in [0.29, 0.717) is 20.0 Å². The topological polar surface area (TPSA) is 0 Å². The van der Waals surface area contributed by atoms with Crippen molar-refractivity contribution >= 4 is 47.4 Å². The molecule has 0 unspecified atom stereocenters. The first-order valence-corrected chi connectivity index (χ1v) is 4.03. The summed E-state index contributed by atoms with van der Waals surface area (Å²) in [5.41, 5.74) is 0. The van der Waals surface area contributed by atoms with E-state index in [2.05, 4.69) is 12.6 Å². The summed E-state index contributed by atoms with van der Waals surface area (Å²) in [4.78, 5) is 0.596. The molecule has 1 aromatic carbocycles. The third kappa shape index (κ3) is 1.73. The minimum atomic E-state index is 0.430. The third-order valence-corrected chi connectivity index (χ3v) is 2.48. The smallest absolute Gasteiger partial charge is 0.0726 e. The van der Waals surface area contributed by atoms with Crippen LogP contribution >= 0.6 is 47.4 Å². The second kappa shape index (κ2) is 3.22. The minimum Gasteiger partial charge on any atom is -0.142 e. The second-order valence-electron chi connectivity index (χ2n) is 1.72. The Labute approximate surface area is 79.5 Å². The highest BCUT2D eigenvalue weighted by Gasteiger charge is 2.02.